The summed E-state index contributed by atoms with van der Waals surface area (Å²) in [6.07, 6.45) is 2.52. The van der Waals surface area contributed by atoms with Crippen LogP contribution in [0.2, 0.25) is 0 Å². The van der Waals surface area contributed by atoms with Crippen LogP contribution in [-0.2, 0) is 16.0 Å². The molecule has 2 aliphatic rings. The molecule has 0 aliphatic carbocycles. The zero-order chi connectivity index (χ0) is 21.3. The second kappa shape index (κ2) is 8.25. The highest BCUT2D eigenvalue weighted by Crippen LogP contribution is 2.56. The SMILES string of the molecule is CCCCNc1ccc(CC(=O)NC2C(=O)N3C(c4nnn[nH]4)C(C)(C)S[C@@H]23)cc1. The second-order valence-electron chi connectivity index (χ2n) is 8.25. The number of β-lactam (4-membered cyclic amide) rings is 1. The lowest BCUT2D eigenvalue weighted by atomic mass is 9.95. The molecule has 2 aliphatic heterocycles. The van der Waals surface area contributed by atoms with Crippen LogP contribution in [0.3, 0.4) is 0 Å². The number of rotatable bonds is 8. The summed E-state index contributed by atoms with van der Waals surface area (Å²) in [5, 5.41) is 20.2. The fourth-order valence-corrected chi connectivity index (χ4v) is 5.67. The molecule has 2 saturated heterocycles. The number of tetrazole rings is 1. The van der Waals surface area contributed by atoms with Gasteiger partial charge in [-0.3, -0.25) is 9.59 Å². The number of amides is 2. The number of hydrogen-bond donors (Lipinski definition) is 3. The minimum atomic E-state index is -0.516. The lowest BCUT2D eigenvalue weighted by molar-refractivity contribution is -0.151. The second-order valence-corrected chi connectivity index (χ2v) is 10.0. The topological polar surface area (TPSA) is 116 Å². The van der Waals surface area contributed by atoms with E-state index in [2.05, 4.69) is 52.0 Å². The summed E-state index contributed by atoms with van der Waals surface area (Å²) in [7, 11) is 0. The Morgan fingerprint density at radius 1 is 1.30 bits per heavy atom. The van der Waals surface area contributed by atoms with Gasteiger partial charge in [0.25, 0.3) is 0 Å². The first-order valence-corrected chi connectivity index (χ1v) is 11.1. The van der Waals surface area contributed by atoms with E-state index in [0.717, 1.165) is 30.6 Å². The Labute approximate surface area is 179 Å². The smallest absolute Gasteiger partial charge is 0.249 e. The molecular weight excluding hydrogens is 402 g/mol. The first kappa shape index (κ1) is 20.6. The predicted octanol–water partition coefficient (Wildman–Crippen LogP) is 1.87. The van der Waals surface area contributed by atoms with Crippen molar-refractivity contribution in [3.05, 3.63) is 35.7 Å². The Hall–Kier alpha value is -2.62. The Morgan fingerprint density at radius 2 is 2.07 bits per heavy atom. The van der Waals surface area contributed by atoms with Gasteiger partial charge in [-0.15, -0.1) is 16.9 Å². The molecule has 0 saturated carbocycles. The summed E-state index contributed by atoms with van der Waals surface area (Å²) in [5.74, 6) is 0.326. The number of benzene rings is 1. The Morgan fingerprint density at radius 3 is 2.73 bits per heavy atom. The molecule has 3 atom stereocenters. The molecule has 2 fully saturated rings. The number of H-pyrrole nitrogens is 1. The summed E-state index contributed by atoms with van der Waals surface area (Å²) in [4.78, 5) is 27.1. The number of carbonyl (C=O) groups excluding carboxylic acids is 2. The summed E-state index contributed by atoms with van der Waals surface area (Å²) in [6, 6.07) is 7.11. The van der Waals surface area contributed by atoms with Gasteiger partial charge in [0.15, 0.2) is 5.82 Å². The molecule has 0 spiro atoms. The third-order valence-corrected chi connectivity index (χ3v) is 7.13. The maximum atomic E-state index is 12.8. The van der Waals surface area contributed by atoms with Crippen LogP contribution in [0.5, 0.6) is 0 Å². The van der Waals surface area contributed by atoms with Gasteiger partial charge in [-0.2, -0.15) is 0 Å². The van der Waals surface area contributed by atoms with Crippen molar-refractivity contribution >= 4 is 29.3 Å². The van der Waals surface area contributed by atoms with Crippen molar-refractivity contribution in [2.24, 2.45) is 0 Å². The van der Waals surface area contributed by atoms with Gasteiger partial charge in [-0.05, 0) is 48.4 Å². The van der Waals surface area contributed by atoms with E-state index in [1.165, 1.54) is 0 Å². The number of aromatic nitrogens is 4. The highest BCUT2D eigenvalue weighted by Gasteiger charge is 2.63. The van der Waals surface area contributed by atoms with E-state index < -0.39 is 6.04 Å². The van der Waals surface area contributed by atoms with E-state index in [1.807, 2.05) is 24.3 Å². The minimum Gasteiger partial charge on any atom is -0.385 e. The van der Waals surface area contributed by atoms with Crippen LogP contribution < -0.4 is 10.6 Å². The van der Waals surface area contributed by atoms with Crippen LogP contribution in [0.4, 0.5) is 5.69 Å². The molecule has 10 heteroatoms. The van der Waals surface area contributed by atoms with Gasteiger partial charge in [-0.1, -0.05) is 25.5 Å². The third-order valence-electron chi connectivity index (χ3n) is 5.56. The van der Waals surface area contributed by atoms with Crippen molar-refractivity contribution < 1.29 is 9.59 Å². The molecular formula is C20H27N7O2S. The van der Waals surface area contributed by atoms with Crippen LogP contribution in [0.25, 0.3) is 0 Å². The van der Waals surface area contributed by atoms with Gasteiger partial charge in [0.05, 0.1) is 6.42 Å². The summed E-state index contributed by atoms with van der Waals surface area (Å²) >= 11 is 1.66. The van der Waals surface area contributed by atoms with Crippen LogP contribution in [0.1, 0.15) is 51.0 Å². The normalized spacial score (nSPS) is 24.3. The molecule has 3 heterocycles. The predicted molar refractivity (Wildman–Crippen MR) is 115 cm³/mol. The molecule has 2 aromatic rings. The van der Waals surface area contributed by atoms with Gasteiger partial charge < -0.3 is 15.5 Å². The van der Waals surface area contributed by atoms with E-state index in [4.69, 9.17) is 0 Å². The Kier molecular flexibility index (Phi) is 5.68. The van der Waals surface area contributed by atoms with Crippen molar-refractivity contribution in [3.8, 4) is 0 Å². The van der Waals surface area contributed by atoms with Crippen LogP contribution in [0, 0.1) is 0 Å². The van der Waals surface area contributed by atoms with Gasteiger partial charge in [-0.25, -0.2) is 5.10 Å². The molecule has 9 nitrogen and oxygen atoms in total. The zero-order valence-electron chi connectivity index (χ0n) is 17.4. The molecule has 2 unspecified atom stereocenters. The number of nitrogens with one attached hydrogen (secondary N) is 3. The molecule has 1 aromatic heterocycles. The summed E-state index contributed by atoms with van der Waals surface area (Å²) in [5.41, 5.74) is 1.97. The van der Waals surface area contributed by atoms with Crippen molar-refractivity contribution in [1.82, 2.24) is 30.8 Å². The van der Waals surface area contributed by atoms with E-state index in [-0.39, 0.29) is 34.4 Å². The van der Waals surface area contributed by atoms with Crippen LogP contribution >= 0.6 is 11.8 Å². The lowest BCUT2D eigenvalue weighted by Gasteiger charge is -2.44. The molecule has 30 heavy (non-hydrogen) atoms. The number of unbranched alkanes of at least 4 members (excludes halogenated alkanes) is 1. The fourth-order valence-electron chi connectivity index (χ4n) is 4.03. The number of anilines is 1. The maximum absolute atomic E-state index is 12.8. The van der Waals surface area contributed by atoms with Crippen LogP contribution in [-0.4, -0.2) is 60.0 Å². The number of thioether (sulfide) groups is 1. The number of aromatic amines is 1. The molecule has 0 radical (unpaired) electrons. The van der Waals surface area contributed by atoms with Gasteiger partial charge in [0.1, 0.15) is 17.5 Å². The number of hydrogen-bond acceptors (Lipinski definition) is 7. The Balaban J connectivity index is 1.34. The lowest BCUT2D eigenvalue weighted by Crippen LogP contribution is -2.68. The van der Waals surface area contributed by atoms with Gasteiger partial charge in [0, 0.05) is 17.0 Å². The molecule has 3 N–H and O–H groups in total. The van der Waals surface area contributed by atoms with E-state index in [9.17, 15) is 9.59 Å². The molecule has 4 rings (SSSR count). The Bertz CT molecular complexity index is 900. The van der Waals surface area contributed by atoms with E-state index in [1.54, 1.807) is 16.7 Å². The number of nitrogens with zero attached hydrogens (tertiary/aromatic N) is 4. The van der Waals surface area contributed by atoms with Crippen molar-refractivity contribution in [2.75, 3.05) is 11.9 Å². The number of fused-ring (bicyclic) bond motifs is 1. The van der Waals surface area contributed by atoms with Crippen molar-refractivity contribution in [2.45, 2.75) is 62.2 Å². The first-order chi connectivity index (χ1) is 14.4. The summed E-state index contributed by atoms with van der Waals surface area (Å²) < 4.78 is -0.262. The number of carbonyl (C=O) groups is 2. The standard InChI is InChI=1S/C20H27N7O2S/c1-4-5-10-21-13-8-6-12(7-9-13)11-14(28)22-15-18(29)27-16(17-23-25-26-24-17)20(2,3)30-19(15)27/h6-9,15-16,19,21H,4-5,10-11H2,1-3H3,(H,22,28)(H,23,24,25,26)/t15?,16?,19-/m0/s1. The van der Waals surface area contributed by atoms with Crippen molar-refractivity contribution in [3.63, 3.8) is 0 Å². The largest absolute Gasteiger partial charge is 0.385 e. The maximum Gasteiger partial charge on any atom is 0.249 e. The highest BCUT2D eigenvalue weighted by atomic mass is 32.2. The molecule has 2 amide bonds. The highest BCUT2D eigenvalue weighted by molar-refractivity contribution is 8.01. The van der Waals surface area contributed by atoms with E-state index in [0.29, 0.717) is 5.82 Å². The van der Waals surface area contributed by atoms with Gasteiger partial charge in [0.2, 0.25) is 11.8 Å². The average Bonchev–Trinajstić information content (AvgIpc) is 3.32. The van der Waals surface area contributed by atoms with Crippen molar-refractivity contribution in [1.29, 1.82) is 0 Å². The fraction of sp³-hybridized carbons (Fsp3) is 0.550. The third kappa shape index (κ3) is 3.88. The summed E-state index contributed by atoms with van der Waals surface area (Å²) in [6.45, 7) is 7.22. The zero-order valence-corrected chi connectivity index (χ0v) is 18.2. The monoisotopic (exact) mass is 429 g/mol. The molecule has 0 bridgehead atoms. The van der Waals surface area contributed by atoms with Crippen LogP contribution in [0.15, 0.2) is 24.3 Å². The minimum absolute atomic E-state index is 0.0942. The first-order valence-electron chi connectivity index (χ1n) is 10.3. The van der Waals surface area contributed by atoms with Gasteiger partial charge >= 0.3 is 0 Å². The average molecular weight is 430 g/mol. The van der Waals surface area contributed by atoms with E-state index >= 15 is 0 Å². The molecule has 160 valence electrons. The molecule has 1 aromatic carbocycles. The quantitative estimate of drug-likeness (QED) is 0.433.